The molecule has 0 aliphatic heterocycles. The van der Waals surface area contributed by atoms with Crippen molar-refractivity contribution in [3.63, 3.8) is 0 Å². The van der Waals surface area contributed by atoms with Crippen LogP contribution in [0.3, 0.4) is 0 Å². The molecule has 0 bridgehead atoms. The van der Waals surface area contributed by atoms with Gasteiger partial charge in [0, 0.05) is 25.4 Å². The summed E-state index contributed by atoms with van der Waals surface area (Å²) >= 11 is 0. The average Bonchev–Trinajstić information content (AvgIpc) is 2.76. The van der Waals surface area contributed by atoms with E-state index in [-0.39, 0.29) is 22.6 Å². The van der Waals surface area contributed by atoms with Crippen LogP contribution in [0, 0.1) is 0 Å². The Morgan fingerprint density at radius 1 is 1.39 bits per heavy atom. The molecule has 1 saturated carbocycles. The quantitative estimate of drug-likeness (QED) is 0.820. The van der Waals surface area contributed by atoms with Gasteiger partial charge in [-0.15, -0.1) is 0 Å². The van der Waals surface area contributed by atoms with Crippen LogP contribution in [0.2, 0.25) is 0 Å². The summed E-state index contributed by atoms with van der Waals surface area (Å²) in [5.74, 6) is 0. The number of aromatic nitrogens is 1. The van der Waals surface area contributed by atoms with Gasteiger partial charge in [-0.1, -0.05) is 0 Å². The zero-order chi connectivity index (χ0) is 13.2. The molecule has 18 heavy (non-hydrogen) atoms. The van der Waals surface area contributed by atoms with Crippen molar-refractivity contribution in [1.82, 2.24) is 9.71 Å². The van der Waals surface area contributed by atoms with E-state index in [0.29, 0.717) is 0 Å². The molecule has 2 rings (SSSR count). The van der Waals surface area contributed by atoms with E-state index in [1.54, 1.807) is 7.11 Å². The van der Waals surface area contributed by atoms with Gasteiger partial charge in [-0.3, -0.25) is 4.79 Å². The van der Waals surface area contributed by atoms with Crippen LogP contribution in [0.25, 0.3) is 0 Å². The van der Waals surface area contributed by atoms with Crippen LogP contribution in [0.15, 0.2) is 28.0 Å². The molecule has 1 aromatic rings. The lowest BCUT2D eigenvalue weighted by Gasteiger charge is -2.19. The molecule has 7 heteroatoms. The minimum absolute atomic E-state index is 0.0591. The normalized spacial score (nSPS) is 24.3. The monoisotopic (exact) mass is 272 g/mol. The van der Waals surface area contributed by atoms with Gasteiger partial charge in [-0.05, 0) is 25.3 Å². The van der Waals surface area contributed by atoms with Gasteiger partial charge in [0.1, 0.15) is 0 Å². The molecule has 1 aliphatic carbocycles. The Labute approximate surface area is 105 Å². The zero-order valence-corrected chi connectivity index (χ0v) is 10.9. The Kier molecular flexibility index (Phi) is 3.84. The second kappa shape index (κ2) is 5.21. The highest BCUT2D eigenvalue weighted by molar-refractivity contribution is 7.89. The van der Waals surface area contributed by atoms with Crippen LogP contribution in [0.4, 0.5) is 0 Å². The van der Waals surface area contributed by atoms with Crippen molar-refractivity contribution in [1.29, 1.82) is 0 Å². The third-order valence-corrected chi connectivity index (χ3v) is 4.62. The highest BCUT2D eigenvalue weighted by Gasteiger charge is 2.31. The average molecular weight is 272 g/mol. The lowest BCUT2D eigenvalue weighted by atomic mass is 10.2. The van der Waals surface area contributed by atoms with E-state index in [0.717, 1.165) is 19.3 Å². The summed E-state index contributed by atoms with van der Waals surface area (Å²) < 4.78 is 32.0. The number of ether oxygens (including phenoxy) is 1. The summed E-state index contributed by atoms with van der Waals surface area (Å²) in [7, 11) is -2.02. The van der Waals surface area contributed by atoms with Crippen molar-refractivity contribution in [2.24, 2.45) is 0 Å². The van der Waals surface area contributed by atoms with Gasteiger partial charge in [-0.2, -0.15) is 0 Å². The summed E-state index contributed by atoms with van der Waals surface area (Å²) in [6.07, 6.45) is 3.68. The summed E-state index contributed by atoms with van der Waals surface area (Å²) in [5, 5.41) is 0. The molecule has 0 saturated heterocycles. The van der Waals surface area contributed by atoms with Gasteiger partial charge < -0.3 is 9.72 Å². The predicted molar refractivity (Wildman–Crippen MR) is 65.8 cm³/mol. The van der Waals surface area contributed by atoms with Gasteiger partial charge >= 0.3 is 0 Å². The van der Waals surface area contributed by atoms with Crippen LogP contribution in [-0.4, -0.2) is 32.7 Å². The lowest BCUT2D eigenvalue weighted by molar-refractivity contribution is 0.0916. The van der Waals surface area contributed by atoms with E-state index in [2.05, 4.69) is 9.71 Å². The fourth-order valence-electron chi connectivity index (χ4n) is 2.17. The summed E-state index contributed by atoms with van der Waals surface area (Å²) in [5.41, 5.74) is -0.329. The van der Waals surface area contributed by atoms with E-state index in [9.17, 15) is 13.2 Å². The van der Waals surface area contributed by atoms with Crippen molar-refractivity contribution in [3.8, 4) is 0 Å². The van der Waals surface area contributed by atoms with E-state index in [1.807, 2.05) is 0 Å². The fourth-order valence-corrected chi connectivity index (χ4v) is 3.44. The second-order valence-electron chi connectivity index (χ2n) is 4.32. The molecule has 1 fully saturated rings. The minimum Gasteiger partial charge on any atom is -0.380 e. The van der Waals surface area contributed by atoms with Crippen LogP contribution < -0.4 is 10.3 Å². The molecule has 1 heterocycles. The molecular formula is C11H16N2O4S. The largest absolute Gasteiger partial charge is 0.380 e. The number of sulfonamides is 1. The van der Waals surface area contributed by atoms with Crippen LogP contribution >= 0.6 is 0 Å². The van der Waals surface area contributed by atoms with Gasteiger partial charge in [0.15, 0.2) is 0 Å². The molecule has 2 atom stereocenters. The maximum atomic E-state index is 12.1. The molecule has 2 unspecified atom stereocenters. The fraction of sp³-hybridized carbons (Fsp3) is 0.545. The van der Waals surface area contributed by atoms with E-state index >= 15 is 0 Å². The maximum absolute atomic E-state index is 12.1. The number of hydrogen-bond donors (Lipinski definition) is 2. The first kappa shape index (κ1) is 13.3. The molecule has 0 spiro atoms. The Bertz CT molecular complexity index is 546. The van der Waals surface area contributed by atoms with Gasteiger partial charge in [0.25, 0.3) is 0 Å². The maximum Gasteiger partial charge on any atom is 0.247 e. The predicted octanol–water partition coefficient (Wildman–Crippen LogP) is 0.221. The molecule has 0 amide bonds. The Morgan fingerprint density at radius 3 is 2.78 bits per heavy atom. The van der Waals surface area contributed by atoms with Crippen molar-refractivity contribution >= 4 is 10.0 Å². The number of rotatable bonds is 4. The first-order valence-corrected chi connectivity index (χ1v) is 7.25. The SMILES string of the molecule is COC1CCCC1NS(=O)(=O)c1ccc(=O)[nH]c1. The molecule has 1 aromatic heterocycles. The number of hydrogen-bond acceptors (Lipinski definition) is 4. The number of H-pyrrole nitrogens is 1. The lowest BCUT2D eigenvalue weighted by Crippen LogP contribution is -2.40. The Balaban J connectivity index is 2.17. The minimum atomic E-state index is -3.60. The smallest absolute Gasteiger partial charge is 0.247 e. The summed E-state index contributed by atoms with van der Waals surface area (Å²) in [6.45, 7) is 0. The number of aromatic amines is 1. The van der Waals surface area contributed by atoms with Gasteiger partial charge in [0.05, 0.1) is 11.0 Å². The number of methoxy groups -OCH3 is 1. The van der Waals surface area contributed by atoms with Crippen molar-refractivity contribution in [2.45, 2.75) is 36.3 Å². The van der Waals surface area contributed by atoms with Crippen molar-refractivity contribution in [2.75, 3.05) is 7.11 Å². The van der Waals surface area contributed by atoms with Crippen LogP contribution in [-0.2, 0) is 14.8 Å². The highest BCUT2D eigenvalue weighted by Crippen LogP contribution is 2.23. The first-order chi connectivity index (χ1) is 8.53. The molecule has 100 valence electrons. The third kappa shape index (κ3) is 2.80. The molecule has 6 nitrogen and oxygen atoms in total. The summed E-state index contributed by atoms with van der Waals surface area (Å²) in [6, 6.07) is 2.28. The van der Waals surface area contributed by atoms with E-state index < -0.39 is 10.0 Å². The van der Waals surface area contributed by atoms with Crippen LogP contribution in [0.5, 0.6) is 0 Å². The van der Waals surface area contributed by atoms with E-state index in [4.69, 9.17) is 4.74 Å². The molecule has 0 radical (unpaired) electrons. The zero-order valence-electron chi connectivity index (χ0n) is 10.0. The number of pyridine rings is 1. The number of nitrogens with one attached hydrogen (secondary N) is 2. The molecular weight excluding hydrogens is 256 g/mol. The molecule has 2 N–H and O–H groups in total. The highest BCUT2D eigenvalue weighted by atomic mass is 32.2. The van der Waals surface area contributed by atoms with E-state index in [1.165, 1.54) is 18.3 Å². The Hall–Kier alpha value is -1.18. The topological polar surface area (TPSA) is 88.3 Å². The van der Waals surface area contributed by atoms with Crippen molar-refractivity contribution in [3.05, 3.63) is 28.7 Å². The van der Waals surface area contributed by atoms with Gasteiger partial charge in [-0.25, -0.2) is 13.1 Å². The van der Waals surface area contributed by atoms with Gasteiger partial charge in [0.2, 0.25) is 15.6 Å². The standard InChI is InChI=1S/C11H16N2O4S/c1-17-10-4-2-3-9(10)13-18(15,16)8-5-6-11(14)12-7-8/h5-7,9-10,13H,2-4H2,1H3,(H,12,14). The van der Waals surface area contributed by atoms with Crippen LogP contribution in [0.1, 0.15) is 19.3 Å². The summed E-state index contributed by atoms with van der Waals surface area (Å²) in [4.78, 5) is 13.3. The first-order valence-electron chi connectivity index (χ1n) is 5.77. The van der Waals surface area contributed by atoms with Crippen molar-refractivity contribution < 1.29 is 13.2 Å². The molecule has 0 aromatic carbocycles. The third-order valence-electron chi connectivity index (χ3n) is 3.13. The molecule has 1 aliphatic rings. The Morgan fingerprint density at radius 2 is 2.17 bits per heavy atom. The second-order valence-corrected chi connectivity index (χ2v) is 6.04.